The highest BCUT2D eigenvalue weighted by molar-refractivity contribution is 7.99. The first-order chi connectivity index (χ1) is 8.16. The number of rotatable bonds is 5. The molecule has 0 amide bonds. The maximum Gasteiger partial charge on any atom is 0.320 e. The summed E-state index contributed by atoms with van der Waals surface area (Å²) in [4.78, 5) is 13.8. The van der Waals surface area contributed by atoms with Crippen molar-refractivity contribution in [2.75, 3.05) is 5.75 Å². The lowest BCUT2D eigenvalue weighted by atomic mass is 10.2. The van der Waals surface area contributed by atoms with E-state index < -0.39 is 12.0 Å². The maximum absolute atomic E-state index is 10.5. The first-order valence-corrected chi connectivity index (χ1v) is 6.34. The monoisotopic (exact) mass is 250 g/mol. The molecule has 0 aliphatic carbocycles. The fraction of sp³-hybridized carbons (Fsp3) is 0.250. The van der Waals surface area contributed by atoms with Crippen molar-refractivity contribution in [1.29, 1.82) is 0 Å². The number of aromatic amines is 1. The summed E-state index contributed by atoms with van der Waals surface area (Å²) in [6, 6.07) is 9.32. The molecular formula is C12H14N2O2S. The summed E-state index contributed by atoms with van der Waals surface area (Å²) in [5, 5.41) is 10.9. The van der Waals surface area contributed by atoms with Crippen molar-refractivity contribution >= 4 is 28.6 Å². The Hall–Kier alpha value is -1.46. The first-order valence-electron chi connectivity index (χ1n) is 5.36. The van der Waals surface area contributed by atoms with Gasteiger partial charge in [0.1, 0.15) is 6.04 Å². The van der Waals surface area contributed by atoms with Crippen molar-refractivity contribution < 1.29 is 9.90 Å². The third kappa shape index (κ3) is 3.01. The molecule has 2 rings (SSSR count). The number of fused-ring (bicyclic) bond motifs is 1. The highest BCUT2D eigenvalue weighted by atomic mass is 32.2. The van der Waals surface area contributed by atoms with Crippen LogP contribution in [0.15, 0.2) is 35.4 Å². The Balaban J connectivity index is 1.93. The Bertz CT molecular complexity index is 491. The Morgan fingerprint density at radius 2 is 2.24 bits per heavy atom. The number of carboxylic acids is 1. The molecule has 0 spiro atoms. The zero-order chi connectivity index (χ0) is 12.3. The van der Waals surface area contributed by atoms with Crippen LogP contribution in [0.1, 0.15) is 6.42 Å². The average molecular weight is 250 g/mol. The van der Waals surface area contributed by atoms with E-state index in [0.29, 0.717) is 12.2 Å². The van der Waals surface area contributed by atoms with Gasteiger partial charge in [-0.1, -0.05) is 18.2 Å². The van der Waals surface area contributed by atoms with Crippen molar-refractivity contribution in [2.24, 2.45) is 5.73 Å². The van der Waals surface area contributed by atoms with Crippen LogP contribution in [0.3, 0.4) is 0 Å². The van der Waals surface area contributed by atoms with Gasteiger partial charge in [0.05, 0.1) is 5.03 Å². The van der Waals surface area contributed by atoms with Crippen molar-refractivity contribution in [3.63, 3.8) is 0 Å². The number of H-pyrrole nitrogens is 1. The standard InChI is InChI=1S/C12H14N2O2S/c13-9(12(15)16)5-6-17-11-7-8-3-1-2-4-10(8)14-11/h1-4,7,9,14H,5-6,13H2,(H,15,16). The number of carbonyl (C=O) groups is 1. The van der Waals surface area contributed by atoms with Gasteiger partial charge in [0, 0.05) is 16.7 Å². The number of nitrogens with one attached hydrogen (secondary N) is 1. The summed E-state index contributed by atoms with van der Waals surface area (Å²) in [7, 11) is 0. The zero-order valence-corrected chi connectivity index (χ0v) is 10.0. The van der Waals surface area contributed by atoms with Crippen LogP contribution in [-0.2, 0) is 4.79 Å². The van der Waals surface area contributed by atoms with E-state index in [0.717, 1.165) is 15.9 Å². The molecule has 1 heterocycles. The third-order valence-electron chi connectivity index (χ3n) is 2.51. The lowest BCUT2D eigenvalue weighted by Crippen LogP contribution is -2.30. The van der Waals surface area contributed by atoms with E-state index in [1.807, 2.05) is 24.3 Å². The Morgan fingerprint density at radius 3 is 2.94 bits per heavy atom. The molecule has 0 bridgehead atoms. The summed E-state index contributed by atoms with van der Waals surface area (Å²) >= 11 is 1.59. The Morgan fingerprint density at radius 1 is 1.47 bits per heavy atom. The zero-order valence-electron chi connectivity index (χ0n) is 9.22. The molecule has 90 valence electrons. The molecule has 0 saturated carbocycles. The molecule has 1 unspecified atom stereocenters. The Kier molecular flexibility index (Phi) is 3.71. The van der Waals surface area contributed by atoms with Crippen LogP contribution in [0.5, 0.6) is 0 Å². The average Bonchev–Trinajstić information content (AvgIpc) is 2.71. The summed E-state index contributed by atoms with van der Waals surface area (Å²) in [5.41, 5.74) is 6.53. The first kappa shape index (κ1) is 12.0. The number of aromatic nitrogens is 1. The number of carboxylic acid groups (broad SMARTS) is 1. The van der Waals surface area contributed by atoms with Crippen molar-refractivity contribution in [2.45, 2.75) is 17.5 Å². The van der Waals surface area contributed by atoms with Crippen molar-refractivity contribution in [1.82, 2.24) is 4.98 Å². The fourth-order valence-corrected chi connectivity index (χ4v) is 2.53. The summed E-state index contributed by atoms with van der Waals surface area (Å²) < 4.78 is 0. The topological polar surface area (TPSA) is 79.1 Å². The van der Waals surface area contributed by atoms with E-state index in [2.05, 4.69) is 11.1 Å². The molecule has 17 heavy (non-hydrogen) atoms. The predicted octanol–water partition coefficient (Wildman–Crippen LogP) is 2.06. The lowest BCUT2D eigenvalue weighted by molar-refractivity contribution is -0.138. The van der Waals surface area contributed by atoms with Crippen LogP contribution < -0.4 is 5.73 Å². The lowest BCUT2D eigenvalue weighted by Gasteiger charge is -2.04. The number of thioether (sulfide) groups is 1. The highest BCUT2D eigenvalue weighted by Gasteiger charge is 2.11. The van der Waals surface area contributed by atoms with E-state index in [1.54, 1.807) is 11.8 Å². The van der Waals surface area contributed by atoms with Crippen LogP contribution in [0.25, 0.3) is 10.9 Å². The number of para-hydroxylation sites is 1. The smallest absolute Gasteiger partial charge is 0.320 e. The molecule has 5 heteroatoms. The second-order valence-corrected chi connectivity index (χ2v) is 4.94. The van der Waals surface area contributed by atoms with Crippen LogP contribution in [0.2, 0.25) is 0 Å². The SMILES string of the molecule is NC(CCSc1cc2ccccc2[nH]1)C(=O)O. The summed E-state index contributed by atoms with van der Waals surface area (Å²) in [6.07, 6.45) is 0.468. The van der Waals surface area contributed by atoms with E-state index in [1.165, 1.54) is 0 Å². The van der Waals surface area contributed by atoms with Crippen LogP contribution in [0.4, 0.5) is 0 Å². The van der Waals surface area contributed by atoms with Gasteiger partial charge < -0.3 is 15.8 Å². The van der Waals surface area contributed by atoms with Gasteiger partial charge in [-0.3, -0.25) is 4.79 Å². The highest BCUT2D eigenvalue weighted by Crippen LogP contribution is 2.23. The number of nitrogens with two attached hydrogens (primary N) is 1. The normalized spacial score (nSPS) is 12.8. The molecule has 2 aromatic rings. The molecule has 0 fully saturated rings. The molecule has 0 radical (unpaired) electrons. The van der Waals surface area contributed by atoms with E-state index >= 15 is 0 Å². The van der Waals surface area contributed by atoms with Crippen LogP contribution >= 0.6 is 11.8 Å². The summed E-state index contributed by atoms with van der Waals surface area (Å²) in [5.74, 6) is -0.248. The molecule has 0 saturated heterocycles. The van der Waals surface area contributed by atoms with E-state index in [-0.39, 0.29) is 0 Å². The van der Waals surface area contributed by atoms with Gasteiger partial charge in [0.25, 0.3) is 0 Å². The molecule has 4 N–H and O–H groups in total. The minimum absolute atomic E-state index is 0.468. The quantitative estimate of drug-likeness (QED) is 0.710. The number of aliphatic carboxylic acids is 1. The van der Waals surface area contributed by atoms with E-state index in [4.69, 9.17) is 10.8 Å². The Labute approximate surface area is 103 Å². The fourth-order valence-electron chi connectivity index (χ4n) is 1.54. The van der Waals surface area contributed by atoms with E-state index in [9.17, 15) is 4.79 Å². The van der Waals surface area contributed by atoms with Gasteiger partial charge in [0.15, 0.2) is 0 Å². The van der Waals surface area contributed by atoms with Gasteiger partial charge in [-0.25, -0.2) is 0 Å². The molecule has 0 aliphatic rings. The molecule has 0 aliphatic heterocycles. The van der Waals surface area contributed by atoms with Gasteiger partial charge >= 0.3 is 5.97 Å². The van der Waals surface area contributed by atoms with Crippen LogP contribution in [-0.4, -0.2) is 27.9 Å². The van der Waals surface area contributed by atoms with Crippen molar-refractivity contribution in [3.8, 4) is 0 Å². The number of hydrogen-bond donors (Lipinski definition) is 3. The van der Waals surface area contributed by atoms with Gasteiger partial charge in [-0.2, -0.15) is 0 Å². The number of hydrogen-bond acceptors (Lipinski definition) is 3. The number of benzene rings is 1. The maximum atomic E-state index is 10.5. The van der Waals surface area contributed by atoms with Crippen molar-refractivity contribution in [3.05, 3.63) is 30.3 Å². The van der Waals surface area contributed by atoms with Gasteiger partial charge in [0.2, 0.25) is 0 Å². The minimum atomic E-state index is -0.942. The molecular weight excluding hydrogens is 236 g/mol. The summed E-state index contributed by atoms with van der Waals surface area (Å²) in [6.45, 7) is 0. The second kappa shape index (κ2) is 5.25. The van der Waals surface area contributed by atoms with Crippen LogP contribution in [0, 0.1) is 0 Å². The largest absolute Gasteiger partial charge is 0.480 e. The molecule has 1 atom stereocenters. The van der Waals surface area contributed by atoms with Gasteiger partial charge in [-0.05, 0) is 18.6 Å². The second-order valence-electron chi connectivity index (χ2n) is 3.80. The predicted molar refractivity (Wildman–Crippen MR) is 69.3 cm³/mol. The van der Waals surface area contributed by atoms with Gasteiger partial charge in [-0.15, -0.1) is 11.8 Å². The third-order valence-corrected chi connectivity index (χ3v) is 3.48. The molecule has 1 aromatic heterocycles. The molecule has 1 aromatic carbocycles. The molecule has 4 nitrogen and oxygen atoms in total. The minimum Gasteiger partial charge on any atom is -0.480 e.